The molecule has 1 fully saturated rings. The molecule has 1 atom stereocenters. The van der Waals surface area contributed by atoms with Crippen LogP contribution in [0.3, 0.4) is 0 Å². The standard InChI is InChI=1S/C13H21N3/c1-16(10-12-5-4-7-14-9-12)11-13-6-2-3-8-15-13/h4-5,7,9,13,15H,2-3,6,8,10-11H2,1H3. The Labute approximate surface area is 97.9 Å². The summed E-state index contributed by atoms with van der Waals surface area (Å²) in [6, 6.07) is 4.82. The summed E-state index contributed by atoms with van der Waals surface area (Å²) in [4.78, 5) is 6.52. The Hall–Kier alpha value is -0.930. The highest BCUT2D eigenvalue weighted by atomic mass is 15.1. The fourth-order valence-corrected chi connectivity index (χ4v) is 2.32. The minimum atomic E-state index is 0.676. The summed E-state index contributed by atoms with van der Waals surface area (Å²) in [5, 5.41) is 3.58. The van der Waals surface area contributed by atoms with E-state index in [2.05, 4.69) is 28.3 Å². The zero-order chi connectivity index (χ0) is 11.2. The summed E-state index contributed by atoms with van der Waals surface area (Å²) >= 11 is 0. The van der Waals surface area contributed by atoms with Crippen LogP contribution in [-0.2, 0) is 6.54 Å². The van der Waals surface area contributed by atoms with Crippen LogP contribution in [0.25, 0.3) is 0 Å². The number of likely N-dealkylation sites (N-methyl/N-ethyl adjacent to an activating group) is 1. The molecule has 3 nitrogen and oxygen atoms in total. The number of nitrogens with zero attached hydrogens (tertiary/aromatic N) is 2. The highest BCUT2D eigenvalue weighted by Gasteiger charge is 2.14. The molecule has 0 aliphatic carbocycles. The zero-order valence-electron chi connectivity index (χ0n) is 10.0. The fraction of sp³-hybridized carbons (Fsp3) is 0.615. The smallest absolute Gasteiger partial charge is 0.0312 e. The number of hydrogen-bond acceptors (Lipinski definition) is 3. The van der Waals surface area contributed by atoms with Crippen molar-refractivity contribution in [2.75, 3.05) is 20.1 Å². The van der Waals surface area contributed by atoms with Gasteiger partial charge in [-0.3, -0.25) is 4.98 Å². The molecule has 16 heavy (non-hydrogen) atoms. The van der Waals surface area contributed by atoms with E-state index in [1.54, 1.807) is 0 Å². The van der Waals surface area contributed by atoms with Crippen LogP contribution >= 0.6 is 0 Å². The number of nitrogens with one attached hydrogen (secondary N) is 1. The van der Waals surface area contributed by atoms with Crippen molar-refractivity contribution >= 4 is 0 Å². The predicted molar refractivity (Wildman–Crippen MR) is 66.2 cm³/mol. The second-order valence-electron chi connectivity index (χ2n) is 4.70. The first-order chi connectivity index (χ1) is 7.84. The highest BCUT2D eigenvalue weighted by molar-refractivity contribution is 5.07. The SMILES string of the molecule is CN(Cc1cccnc1)CC1CCCCN1. The molecule has 2 rings (SSSR count). The third kappa shape index (κ3) is 3.58. The normalized spacial score (nSPS) is 21.2. The third-order valence-corrected chi connectivity index (χ3v) is 3.12. The quantitative estimate of drug-likeness (QED) is 0.834. The summed E-state index contributed by atoms with van der Waals surface area (Å²) in [6.07, 6.45) is 7.80. The monoisotopic (exact) mass is 219 g/mol. The van der Waals surface area contributed by atoms with Crippen molar-refractivity contribution in [3.8, 4) is 0 Å². The van der Waals surface area contributed by atoms with Crippen LogP contribution in [0.5, 0.6) is 0 Å². The van der Waals surface area contributed by atoms with E-state index in [-0.39, 0.29) is 0 Å². The van der Waals surface area contributed by atoms with Crippen LogP contribution in [0.15, 0.2) is 24.5 Å². The zero-order valence-corrected chi connectivity index (χ0v) is 10.0. The van der Waals surface area contributed by atoms with Gasteiger partial charge in [0.1, 0.15) is 0 Å². The maximum atomic E-state index is 4.14. The first kappa shape index (κ1) is 11.6. The van der Waals surface area contributed by atoms with Gasteiger partial charge in [0.15, 0.2) is 0 Å². The first-order valence-corrected chi connectivity index (χ1v) is 6.15. The van der Waals surface area contributed by atoms with E-state index in [4.69, 9.17) is 0 Å². The maximum Gasteiger partial charge on any atom is 0.0312 e. The molecular weight excluding hydrogens is 198 g/mol. The second kappa shape index (κ2) is 5.97. The molecule has 0 radical (unpaired) electrons. The lowest BCUT2D eigenvalue weighted by Crippen LogP contribution is -2.42. The lowest BCUT2D eigenvalue weighted by molar-refractivity contribution is 0.256. The molecule has 0 bridgehead atoms. The topological polar surface area (TPSA) is 28.2 Å². The molecule has 1 aromatic heterocycles. The molecule has 88 valence electrons. The number of hydrogen-bond donors (Lipinski definition) is 1. The Morgan fingerprint density at radius 3 is 3.12 bits per heavy atom. The van der Waals surface area contributed by atoms with E-state index in [9.17, 15) is 0 Å². The number of aromatic nitrogens is 1. The van der Waals surface area contributed by atoms with Crippen molar-refractivity contribution in [3.63, 3.8) is 0 Å². The van der Waals surface area contributed by atoms with Gasteiger partial charge in [-0.1, -0.05) is 12.5 Å². The molecular formula is C13H21N3. The lowest BCUT2D eigenvalue weighted by Gasteiger charge is -2.28. The van der Waals surface area contributed by atoms with Crippen LogP contribution < -0.4 is 5.32 Å². The molecule has 1 aromatic rings. The van der Waals surface area contributed by atoms with Gasteiger partial charge in [0, 0.05) is 31.5 Å². The second-order valence-corrected chi connectivity index (χ2v) is 4.70. The van der Waals surface area contributed by atoms with Crippen LogP contribution in [-0.4, -0.2) is 36.1 Å². The molecule has 1 unspecified atom stereocenters. The van der Waals surface area contributed by atoms with E-state index in [1.807, 2.05) is 18.5 Å². The summed E-state index contributed by atoms with van der Waals surface area (Å²) in [5.41, 5.74) is 1.29. The van der Waals surface area contributed by atoms with Crippen molar-refractivity contribution in [1.82, 2.24) is 15.2 Å². The van der Waals surface area contributed by atoms with Crippen molar-refractivity contribution < 1.29 is 0 Å². The molecule has 2 heterocycles. The Morgan fingerprint density at radius 1 is 1.50 bits per heavy atom. The van der Waals surface area contributed by atoms with Gasteiger partial charge in [0.05, 0.1) is 0 Å². The van der Waals surface area contributed by atoms with Crippen LogP contribution in [0.1, 0.15) is 24.8 Å². The van der Waals surface area contributed by atoms with Gasteiger partial charge in [-0.15, -0.1) is 0 Å². The summed E-state index contributed by atoms with van der Waals surface area (Å²) < 4.78 is 0. The molecule has 1 aliphatic heterocycles. The maximum absolute atomic E-state index is 4.14. The first-order valence-electron chi connectivity index (χ1n) is 6.15. The third-order valence-electron chi connectivity index (χ3n) is 3.12. The van der Waals surface area contributed by atoms with Gasteiger partial charge in [0.25, 0.3) is 0 Å². The molecule has 0 amide bonds. The Morgan fingerprint density at radius 2 is 2.44 bits per heavy atom. The van der Waals surface area contributed by atoms with Crippen molar-refractivity contribution in [1.29, 1.82) is 0 Å². The Balaban J connectivity index is 1.77. The van der Waals surface area contributed by atoms with E-state index in [0.29, 0.717) is 6.04 Å². The minimum Gasteiger partial charge on any atom is -0.313 e. The van der Waals surface area contributed by atoms with Crippen LogP contribution in [0, 0.1) is 0 Å². The van der Waals surface area contributed by atoms with E-state index < -0.39 is 0 Å². The fourth-order valence-electron chi connectivity index (χ4n) is 2.32. The van der Waals surface area contributed by atoms with Crippen LogP contribution in [0.2, 0.25) is 0 Å². The van der Waals surface area contributed by atoms with Gasteiger partial charge >= 0.3 is 0 Å². The van der Waals surface area contributed by atoms with E-state index in [0.717, 1.165) is 13.1 Å². The number of piperidine rings is 1. The summed E-state index contributed by atoms with van der Waals surface area (Å²) in [5.74, 6) is 0. The van der Waals surface area contributed by atoms with Crippen molar-refractivity contribution in [2.24, 2.45) is 0 Å². The Kier molecular flexibility index (Phi) is 4.31. The molecule has 1 N–H and O–H groups in total. The average Bonchev–Trinajstić information content (AvgIpc) is 2.31. The van der Waals surface area contributed by atoms with Gasteiger partial charge < -0.3 is 10.2 Å². The number of pyridine rings is 1. The molecule has 0 spiro atoms. The van der Waals surface area contributed by atoms with Crippen LogP contribution in [0.4, 0.5) is 0 Å². The lowest BCUT2D eigenvalue weighted by atomic mass is 10.0. The summed E-state index contributed by atoms with van der Waals surface area (Å²) in [7, 11) is 2.18. The molecule has 1 aliphatic rings. The molecule has 3 heteroatoms. The number of rotatable bonds is 4. The van der Waals surface area contributed by atoms with E-state index >= 15 is 0 Å². The minimum absolute atomic E-state index is 0.676. The Bertz CT molecular complexity index is 293. The van der Waals surface area contributed by atoms with Gasteiger partial charge in [-0.2, -0.15) is 0 Å². The van der Waals surface area contributed by atoms with Gasteiger partial charge in [-0.25, -0.2) is 0 Å². The molecule has 1 saturated heterocycles. The summed E-state index contributed by atoms with van der Waals surface area (Å²) in [6.45, 7) is 3.31. The van der Waals surface area contributed by atoms with Crippen molar-refractivity contribution in [3.05, 3.63) is 30.1 Å². The molecule has 0 aromatic carbocycles. The largest absolute Gasteiger partial charge is 0.313 e. The molecule has 0 saturated carbocycles. The van der Waals surface area contributed by atoms with E-state index in [1.165, 1.54) is 31.4 Å². The van der Waals surface area contributed by atoms with Crippen molar-refractivity contribution in [2.45, 2.75) is 31.8 Å². The average molecular weight is 219 g/mol. The predicted octanol–water partition coefficient (Wildman–Crippen LogP) is 1.66. The van der Waals surface area contributed by atoms with Gasteiger partial charge in [0.2, 0.25) is 0 Å². The highest BCUT2D eigenvalue weighted by Crippen LogP contribution is 2.09. The van der Waals surface area contributed by atoms with Gasteiger partial charge in [-0.05, 0) is 38.1 Å².